The fourth-order valence-corrected chi connectivity index (χ4v) is 3.90. The van der Waals surface area contributed by atoms with Gasteiger partial charge in [0.1, 0.15) is 17.1 Å². The molecule has 28 heavy (non-hydrogen) atoms. The summed E-state index contributed by atoms with van der Waals surface area (Å²) < 4.78 is 7.51. The van der Waals surface area contributed by atoms with Crippen molar-refractivity contribution in [2.45, 2.75) is 23.7 Å². The SMILES string of the molecule is C=CCn1c(Sc2ncnc3ccc(C)cc23)nnc1-c1ccccc1OC. The maximum atomic E-state index is 5.50. The van der Waals surface area contributed by atoms with Crippen molar-refractivity contribution in [2.75, 3.05) is 7.11 Å². The van der Waals surface area contributed by atoms with Crippen LogP contribution in [0.3, 0.4) is 0 Å². The number of benzene rings is 2. The smallest absolute Gasteiger partial charge is 0.198 e. The lowest BCUT2D eigenvalue weighted by molar-refractivity contribution is 0.416. The van der Waals surface area contributed by atoms with Gasteiger partial charge in [0, 0.05) is 11.9 Å². The van der Waals surface area contributed by atoms with E-state index in [0.717, 1.165) is 43.8 Å². The third-order valence-corrected chi connectivity index (χ3v) is 5.32. The summed E-state index contributed by atoms with van der Waals surface area (Å²) in [6.45, 7) is 6.51. The Kier molecular flexibility index (Phi) is 5.08. The quantitative estimate of drug-likeness (QED) is 0.356. The van der Waals surface area contributed by atoms with Crippen molar-refractivity contribution in [3.05, 3.63) is 67.0 Å². The van der Waals surface area contributed by atoms with Crippen molar-refractivity contribution < 1.29 is 4.74 Å². The predicted octanol–water partition coefficient (Wildman–Crippen LogP) is 4.54. The molecule has 0 amide bonds. The van der Waals surface area contributed by atoms with Gasteiger partial charge in [-0.3, -0.25) is 4.57 Å². The van der Waals surface area contributed by atoms with Crippen LogP contribution in [-0.2, 0) is 6.54 Å². The van der Waals surface area contributed by atoms with Gasteiger partial charge < -0.3 is 4.74 Å². The topological polar surface area (TPSA) is 65.7 Å². The van der Waals surface area contributed by atoms with Gasteiger partial charge in [0.2, 0.25) is 0 Å². The minimum Gasteiger partial charge on any atom is -0.496 e. The van der Waals surface area contributed by atoms with Crippen molar-refractivity contribution >= 4 is 22.7 Å². The normalized spacial score (nSPS) is 10.9. The van der Waals surface area contributed by atoms with Crippen LogP contribution in [0.2, 0.25) is 0 Å². The summed E-state index contributed by atoms with van der Waals surface area (Å²) in [7, 11) is 1.65. The predicted molar refractivity (Wildman–Crippen MR) is 111 cm³/mol. The summed E-state index contributed by atoms with van der Waals surface area (Å²) >= 11 is 1.47. The zero-order valence-electron chi connectivity index (χ0n) is 15.7. The number of fused-ring (bicyclic) bond motifs is 1. The fourth-order valence-electron chi connectivity index (χ4n) is 3.00. The van der Waals surface area contributed by atoms with Crippen molar-refractivity contribution in [2.24, 2.45) is 0 Å². The molecule has 2 aromatic carbocycles. The van der Waals surface area contributed by atoms with Gasteiger partial charge in [-0.05, 0) is 43.0 Å². The minimum absolute atomic E-state index is 0.574. The number of rotatable bonds is 6. The van der Waals surface area contributed by atoms with Crippen LogP contribution in [0.1, 0.15) is 5.56 Å². The summed E-state index contributed by atoms with van der Waals surface area (Å²) in [5.41, 5.74) is 2.95. The third kappa shape index (κ3) is 3.36. The maximum absolute atomic E-state index is 5.50. The first-order chi connectivity index (χ1) is 13.7. The molecule has 0 aliphatic heterocycles. The van der Waals surface area contributed by atoms with Crippen molar-refractivity contribution in [1.82, 2.24) is 24.7 Å². The van der Waals surface area contributed by atoms with Gasteiger partial charge in [0.05, 0.1) is 18.2 Å². The van der Waals surface area contributed by atoms with Crippen LogP contribution in [0.5, 0.6) is 5.75 Å². The van der Waals surface area contributed by atoms with E-state index in [1.807, 2.05) is 47.0 Å². The zero-order chi connectivity index (χ0) is 19.5. The van der Waals surface area contributed by atoms with Crippen LogP contribution >= 0.6 is 11.8 Å². The molecule has 0 aliphatic rings. The molecule has 0 fully saturated rings. The lowest BCUT2D eigenvalue weighted by Crippen LogP contribution is -2.02. The molecular formula is C21H19N5OS. The molecule has 0 N–H and O–H groups in total. The number of allylic oxidation sites excluding steroid dienone is 1. The first-order valence-corrected chi connectivity index (χ1v) is 9.59. The average molecular weight is 389 g/mol. The summed E-state index contributed by atoms with van der Waals surface area (Å²) in [4.78, 5) is 8.84. The van der Waals surface area contributed by atoms with Crippen LogP contribution in [-0.4, -0.2) is 31.8 Å². The molecule has 0 aliphatic carbocycles. The number of aryl methyl sites for hydroxylation is 1. The average Bonchev–Trinajstić information content (AvgIpc) is 3.11. The molecule has 0 bridgehead atoms. The van der Waals surface area contributed by atoms with Gasteiger partial charge in [-0.25, -0.2) is 9.97 Å². The molecule has 2 heterocycles. The second-order valence-electron chi connectivity index (χ2n) is 6.21. The second kappa shape index (κ2) is 7.82. The molecular weight excluding hydrogens is 370 g/mol. The van der Waals surface area contributed by atoms with Crippen LogP contribution in [0.15, 0.2) is 71.6 Å². The number of aromatic nitrogens is 5. The molecule has 0 unspecified atom stereocenters. The molecule has 0 atom stereocenters. The fraction of sp³-hybridized carbons (Fsp3) is 0.143. The van der Waals surface area contributed by atoms with Gasteiger partial charge in [0.25, 0.3) is 0 Å². The lowest BCUT2D eigenvalue weighted by atomic mass is 10.2. The van der Waals surface area contributed by atoms with E-state index >= 15 is 0 Å². The Bertz CT molecular complexity index is 1150. The van der Waals surface area contributed by atoms with Crippen LogP contribution in [0, 0.1) is 6.92 Å². The molecule has 0 saturated carbocycles. The number of nitrogens with zero attached hydrogens (tertiary/aromatic N) is 5. The Balaban J connectivity index is 1.81. The van der Waals surface area contributed by atoms with Crippen LogP contribution < -0.4 is 4.74 Å². The number of ether oxygens (including phenoxy) is 1. The lowest BCUT2D eigenvalue weighted by Gasteiger charge is -2.11. The van der Waals surface area contributed by atoms with E-state index in [2.05, 4.69) is 39.7 Å². The van der Waals surface area contributed by atoms with Crippen molar-refractivity contribution in [3.63, 3.8) is 0 Å². The van der Waals surface area contributed by atoms with Crippen LogP contribution in [0.25, 0.3) is 22.3 Å². The van der Waals surface area contributed by atoms with E-state index in [1.54, 1.807) is 13.4 Å². The van der Waals surface area contributed by atoms with E-state index in [1.165, 1.54) is 11.8 Å². The Morgan fingerprint density at radius 1 is 1.14 bits per heavy atom. The molecule has 0 spiro atoms. The molecule has 2 aromatic heterocycles. The monoisotopic (exact) mass is 389 g/mol. The highest BCUT2D eigenvalue weighted by atomic mass is 32.2. The maximum Gasteiger partial charge on any atom is 0.198 e. The van der Waals surface area contributed by atoms with Gasteiger partial charge >= 0.3 is 0 Å². The highest BCUT2D eigenvalue weighted by Crippen LogP contribution is 2.34. The molecule has 6 nitrogen and oxygen atoms in total. The third-order valence-electron chi connectivity index (χ3n) is 4.32. The van der Waals surface area contributed by atoms with Gasteiger partial charge in [0.15, 0.2) is 11.0 Å². The number of hydrogen-bond acceptors (Lipinski definition) is 6. The second-order valence-corrected chi connectivity index (χ2v) is 7.16. The first kappa shape index (κ1) is 18.2. The molecule has 0 saturated heterocycles. The zero-order valence-corrected chi connectivity index (χ0v) is 16.5. The van der Waals surface area contributed by atoms with Gasteiger partial charge in [-0.15, -0.1) is 16.8 Å². The Morgan fingerprint density at radius 3 is 2.82 bits per heavy atom. The van der Waals surface area contributed by atoms with E-state index in [0.29, 0.717) is 6.54 Å². The van der Waals surface area contributed by atoms with E-state index in [4.69, 9.17) is 4.74 Å². The molecule has 4 aromatic rings. The Hall–Kier alpha value is -3.19. The highest BCUT2D eigenvalue weighted by molar-refractivity contribution is 7.99. The standard InChI is InChI=1S/C21H19N5OS/c1-4-11-26-19(15-7-5-6-8-18(15)27-3)24-25-21(26)28-20-16-12-14(2)9-10-17(16)22-13-23-20/h4-10,12-13H,1,11H2,2-3H3. The molecule has 4 rings (SSSR count). The van der Waals surface area contributed by atoms with E-state index in [-0.39, 0.29) is 0 Å². The van der Waals surface area contributed by atoms with Gasteiger partial charge in [-0.1, -0.05) is 29.8 Å². The Labute approximate surface area is 167 Å². The molecule has 140 valence electrons. The molecule has 0 radical (unpaired) electrons. The largest absolute Gasteiger partial charge is 0.496 e. The summed E-state index contributed by atoms with van der Waals surface area (Å²) in [6, 6.07) is 13.9. The number of hydrogen-bond donors (Lipinski definition) is 0. The van der Waals surface area contributed by atoms with Crippen LogP contribution in [0.4, 0.5) is 0 Å². The van der Waals surface area contributed by atoms with Crippen molar-refractivity contribution in [1.29, 1.82) is 0 Å². The van der Waals surface area contributed by atoms with E-state index in [9.17, 15) is 0 Å². The summed E-state index contributed by atoms with van der Waals surface area (Å²) in [5.74, 6) is 1.48. The highest BCUT2D eigenvalue weighted by Gasteiger charge is 2.18. The number of para-hydroxylation sites is 1. The Morgan fingerprint density at radius 2 is 2.00 bits per heavy atom. The molecule has 7 heteroatoms. The van der Waals surface area contributed by atoms with Crippen molar-refractivity contribution in [3.8, 4) is 17.1 Å². The van der Waals surface area contributed by atoms with Gasteiger partial charge in [-0.2, -0.15) is 0 Å². The summed E-state index contributed by atoms with van der Waals surface area (Å²) in [5, 5.41) is 11.4. The van der Waals surface area contributed by atoms with E-state index < -0.39 is 0 Å². The summed E-state index contributed by atoms with van der Waals surface area (Å²) in [6.07, 6.45) is 3.41. The number of methoxy groups -OCH3 is 1. The first-order valence-electron chi connectivity index (χ1n) is 8.78. The minimum atomic E-state index is 0.574.